The predicted molar refractivity (Wildman–Crippen MR) is 91.9 cm³/mol. The highest BCUT2D eigenvalue weighted by Crippen LogP contribution is 2.26. The summed E-state index contributed by atoms with van der Waals surface area (Å²) < 4.78 is 5.96. The van der Waals surface area contributed by atoms with Gasteiger partial charge in [0, 0.05) is 4.47 Å². The number of ether oxygens (including phenoxy) is 1. The van der Waals surface area contributed by atoms with Crippen molar-refractivity contribution in [1.82, 2.24) is 0 Å². The lowest BCUT2D eigenvalue weighted by molar-refractivity contribution is -0.110. The van der Waals surface area contributed by atoms with Crippen LogP contribution in [0.15, 0.2) is 59.1 Å². The molecular formula is C18H15BrO3. The largest absolute Gasteiger partial charge is 0.504 e. The molecule has 2 aromatic rings. The van der Waals surface area contributed by atoms with Crippen molar-refractivity contribution in [2.45, 2.75) is 0 Å². The van der Waals surface area contributed by atoms with Crippen LogP contribution in [0, 0.1) is 0 Å². The van der Waals surface area contributed by atoms with E-state index in [1.165, 1.54) is 25.3 Å². The molecule has 1 N–H and O–H groups in total. The Morgan fingerprint density at radius 1 is 1.14 bits per heavy atom. The average molecular weight is 359 g/mol. The van der Waals surface area contributed by atoms with Gasteiger partial charge < -0.3 is 9.84 Å². The lowest BCUT2D eigenvalue weighted by atomic mass is 10.1. The molecule has 0 aromatic heterocycles. The number of methoxy groups -OCH3 is 1. The van der Waals surface area contributed by atoms with Gasteiger partial charge in [-0.3, -0.25) is 4.79 Å². The van der Waals surface area contributed by atoms with Crippen LogP contribution < -0.4 is 4.74 Å². The Balaban J connectivity index is 2.07. The summed E-state index contributed by atoms with van der Waals surface area (Å²) in [4.78, 5) is 11.9. The number of aromatic hydroxyl groups is 1. The second-order valence-corrected chi connectivity index (χ2v) is 5.38. The number of hydrogen-bond donors (Lipinski definition) is 1. The van der Waals surface area contributed by atoms with E-state index in [1.54, 1.807) is 24.3 Å². The highest BCUT2D eigenvalue weighted by molar-refractivity contribution is 9.10. The summed E-state index contributed by atoms with van der Waals surface area (Å²) in [5.41, 5.74) is 1.72. The number of carbonyl (C=O) groups excluding carboxylic acids is 1. The molecule has 0 heterocycles. The SMILES string of the molecule is COc1cc(/C=C/C(=O)/C=C/c2ccccc2Br)ccc1O. The first-order chi connectivity index (χ1) is 10.6. The van der Waals surface area contributed by atoms with Crippen molar-refractivity contribution in [2.75, 3.05) is 7.11 Å². The smallest absolute Gasteiger partial charge is 0.178 e. The number of rotatable bonds is 5. The monoisotopic (exact) mass is 358 g/mol. The highest BCUT2D eigenvalue weighted by atomic mass is 79.9. The number of allylic oxidation sites excluding steroid dienone is 2. The summed E-state index contributed by atoms with van der Waals surface area (Å²) >= 11 is 3.43. The highest BCUT2D eigenvalue weighted by Gasteiger charge is 2.01. The van der Waals surface area contributed by atoms with Crippen LogP contribution in [0.4, 0.5) is 0 Å². The van der Waals surface area contributed by atoms with E-state index >= 15 is 0 Å². The molecule has 2 aromatic carbocycles. The molecule has 0 bridgehead atoms. The zero-order valence-corrected chi connectivity index (χ0v) is 13.6. The maximum Gasteiger partial charge on any atom is 0.178 e. The maximum absolute atomic E-state index is 11.9. The van der Waals surface area contributed by atoms with Gasteiger partial charge in [0.1, 0.15) is 0 Å². The molecular weight excluding hydrogens is 344 g/mol. The molecule has 0 aliphatic rings. The molecule has 0 radical (unpaired) electrons. The van der Waals surface area contributed by atoms with Gasteiger partial charge in [-0.25, -0.2) is 0 Å². The predicted octanol–water partition coefficient (Wildman–Crippen LogP) is 4.46. The van der Waals surface area contributed by atoms with Crippen molar-refractivity contribution in [3.05, 3.63) is 70.2 Å². The molecule has 0 unspecified atom stereocenters. The van der Waals surface area contributed by atoms with Crippen molar-refractivity contribution in [1.29, 1.82) is 0 Å². The minimum Gasteiger partial charge on any atom is -0.504 e. The van der Waals surface area contributed by atoms with Crippen molar-refractivity contribution in [2.24, 2.45) is 0 Å². The molecule has 0 aliphatic heterocycles. The van der Waals surface area contributed by atoms with E-state index in [-0.39, 0.29) is 11.5 Å². The Morgan fingerprint density at radius 3 is 2.59 bits per heavy atom. The van der Waals surface area contributed by atoms with E-state index in [0.717, 1.165) is 15.6 Å². The van der Waals surface area contributed by atoms with Crippen molar-refractivity contribution in [3.8, 4) is 11.5 Å². The second-order valence-electron chi connectivity index (χ2n) is 4.52. The molecule has 0 aliphatic carbocycles. The molecule has 0 amide bonds. The van der Waals surface area contributed by atoms with Crippen LogP contribution in [-0.2, 0) is 4.79 Å². The van der Waals surface area contributed by atoms with E-state index in [4.69, 9.17) is 4.74 Å². The van der Waals surface area contributed by atoms with Gasteiger partial charge in [-0.05, 0) is 47.6 Å². The first kappa shape index (κ1) is 16.0. The van der Waals surface area contributed by atoms with E-state index in [2.05, 4.69) is 15.9 Å². The molecule has 3 nitrogen and oxygen atoms in total. The van der Waals surface area contributed by atoms with Gasteiger partial charge in [0.05, 0.1) is 7.11 Å². The summed E-state index contributed by atoms with van der Waals surface area (Å²) in [5, 5.41) is 9.52. The number of carbonyl (C=O) groups is 1. The van der Waals surface area contributed by atoms with Crippen molar-refractivity contribution < 1.29 is 14.6 Å². The van der Waals surface area contributed by atoms with Gasteiger partial charge in [-0.2, -0.15) is 0 Å². The number of halogens is 1. The van der Waals surface area contributed by atoms with E-state index < -0.39 is 0 Å². The fraction of sp³-hybridized carbons (Fsp3) is 0.0556. The third kappa shape index (κ3) is 4.33. The lowest BCUT2D eigenvalue weighted by Gasteiger charge is -2.03. The maximum atomic E-state index is 11.9. The first-order valence-electron chi connectivity index (χ1n) is 6.62. The van der Waals surface area contributed by atoms with Crippen LogP contribution in [0.3, 0.4) is 0 Å². The van der Waals surface area contributed by atoms with Crippen molar-refractivity contribution >= 4 is 33.9 Å². The van der Waals surface area contributed by atoms with Gasteiger partial charge in [-0.15, -0.1) is 0 Å². The fourth-order valence-electron chi connectivity index (χ4n) is 1.81. The summed E-state index contributed by atoms with van der Waals surface area (Å²) in [6, 6.07) is 12.6. The third-order valence-corrected chi connectivity index (χ3v) is 3.70. The van der Waals surface area contributed by atoms with Gasteiger partial charge in [-0.1, -0.05) is 46.3 Å². The van der Waals surface area contributed by atoms with Gasteiger partial charge in [0.15, 0.2) is 17.3 Å². The van der Waals surface area contributed by atoms with Crippen LogP contribution >= 0.6 is 15.9 Å². The van der Waals surface area contributed by atoms with Crippen LogP contribution in [0.25, 0.3) is 12.2 Å². The molecule has 112 valence electrons. The summed E-state index contributed by atoms with van der Waals surface area (Å²) in [6.45, 7) is 0. The Morgan fingerprint density at radius 2 is 1.86 bits per heavy atom. The summed E-state index contributed by atoms with van der Waals surface area (Å²) in [6.07, 6.45) is 6.41. The van der Waals surface area contributed by atoms with Crippen LogP contribution in [0.2, 0.25) is 0 Å². The molecule has 4 heteroatoms. The van der Waals surface area contributed by atoms with Gasteiger partial charge >= 0.3 is 0 Å². The van der Waals surface area contributed by atoms with E-state index in [9.17, 15) is 9.90 Å². The lowest BCUT2D eigenvalue weighted by Crippen LogP contribution is -1.87. The normalized spacial score (nSPS) is 11.2. The third-order valence-electron chi connectivity index (χ3n) is 2.98. The molecule has 0 saturated heterocycles. The van der Waals surface area contributed by atoms with E-state index in [1.807, 2.05) is 24.3 Å². The number of benzene rings is 2. The molecule has 0 fully saturated rings. The molecule has 22 heavy (non-hydrogen) atoms. The molecule has 0 spiro atoms. The van der Waals surface area contributed by atoms with Crippen LogP contribution in [-0.4, -0.2) is 18.0 Å². The van der Waals surface area contributed by atoms with E-state index in [0.29, 0.717) is 5.75 Å². The zero-order chi connectivity index (χ0) is 15.9. The fourth-order valence-corrected chi connectivity index (χ4v) is 2.23. The Kier molecular flexibility index (Phi) is 5.55. The zero-order valence-electron chi connectivity index (χ0n) is 12.0. The van der Waals surface area contributed by atoms with Gasteiger partial charge in [0.25, 0.3) is 0 Å². The quantitative estimate of drug-likeness (QED) is 0.802. The minimum absolute atomic E-state index is 0.0693. The van der Waals surface area contributed by atoms with Crippen molar-refractivity contribution in [3.63, 3.8) is 0 Å². The van der Waals surface area contributed by atoms with Gasteiger partial charge in [0.2, 0.25) is 0 Å². The number of hydrogen-bond acceptors (Lipinski definition) is 3. The standard InChI is InChI=1S/C18H15BrO3/c1-22-18-12-13(7-11-17(18)21)6-9-15(20)10-8-14-4-2-3-5-16(14)19/h2-12,21H,1H3/b9-6+,10-8+. The summed E-state index contributed by atoms with van der Waals surface area (Å²) in [5.74, 6) is 0.320. The number of ketones is 1. The average Bonchev–Trinajstić information content (AvgIpc) is 2.53. The summed E-state index contributed by atoms with van der Waals surface area (Å²) in [7, 11) is 1.48. The number of phenols is 1. The van der Waals surface area contributed by atoms with Crippen LogP contribution in [0.5, 0.6) is 11.5 Å². The Hall–Kier alpha value is -2.33. The Labute approximate surface area is 137 Å². The topological polar surface area (TPSA) is 46.5 Å². The van der Waals surface area contributed by atoms with Crippen LogP contribution in [0.1, 0.15) is 11.1 Å². The minimum atomic E-state index is -0.122. The molecule has 0 atom stereocenters. The second kappa shape index (κ2) is 7.61. The molecule has 0 saturated carbocycles. The number of phenolic OH excluding ortho intramolecular Hbond substituents is 1. The Bertz CT molecular complexity index is 733. The molecule has 2 rings (SSSR count). The first-order valence-corrected chi connectivity index (χ1v) is 7.41.